The Morgan fingerprint density at radius 2 is 1.77 bits per heavy atom. The Bertz CT molecular complexity index is 1480. The third-order valence-corrected chi connectivity index (χ3v) is 6.05. The molecule has 0 atom stereocenters. The van der Waals surface area contributed by atoms with Gasteiger partial charge in [0.1, 0.15) is 17.1 Å². The van der Waals surface area contributed by atoms with E-state index in [-0.39, 0.29) is 27.5 Å². The summed E-state index contributed by atoms with van der Waals surface area (Å²) >= 11 is 8.07. The van der Waals surface area contributed by atoms with E-state index in [1.807, 2.05) is 22.6 Å². The summed E-state index contributed by atoms with van der Waals surface area (Å²) in [7, 11) is 0. The number of alkyl halides is 3. The maximum atomic E-state index is 13.8. The lowest BCUT2D eigenvalue weighted by atomic mass is 10.1. The lowest BCUT2D eigenvalue weighted by molar-refractivity contribution is -0.154. The summed E-state index contributed by atoms with van der Waals surface area (Å²) in [5.74, 6) is -3.38. The molecule has 180 valence electrons. The quantitative estimate of drug-likeness (QED) is 0.131. The molecule has 5 nitrogen and oxygen atoms in total. The first kappa shape index (κ1) is 25.1. The first-order valence-electron chi connectivity index (χ1n) is 10.2. The van der Waals surface area contributed by atoms with Gasteiger partial charge in [-0.25, -0.2) is 4.79 Å². The molecule has 3 aromatic carbocycles. The lowest BCUT2D eigenvalue weighted by Crippen LogP contribution is -2.16. The van der Waals surface area contributed by atoms with Crippen LogP contribution in [0.3, 0.4) is 0 Å². The number of ether oxygens (including phenoxy) is 2. The van der Waals surface area contributed by atoms with Gasteiger partial charge in [-0.05, 0) is 77.0 Å². The van der Waals surface area contributed by atoms with Crippen LogP contribution in [0.15, 0.2) is 69.9 Å². The Kier molecular flexibility index (Phi) is 7.09. The summed E-state index contributed by atoms with van der Waals surface area (Å²) in [5.41, 5.74) is -0.924. The van der Waals surface area contributed by atoms with Crippen LogP contribution in [0.2, 0.25) is 5.02 Å². The van der Waals surface area contributed by atoms with Gasteiger partial charge in [0.05, 0.1) is 16.0 Å². The molecule has 1 aromatic heterocycles. The molecule has 4 aromatic rings. The van der Waals surface area contributed by atoms with Crippen molar-refractivity contribution in [1.29, 1.82) is 0 Å². The van der Waals surface area contributed by atoms with E-state index in [4.69, 9.17) is 25.5 Å². The predicted molar refractivity (Wildman–Crippen MR) is 133 cm³/mol. The van der Waals surface area contributed by atoms with Gasteiger partial charge in [-0.3, -0.25) is 4.79 Å². The van der Waals surface area contributed by atoms with E-state index in [0.717, 1.165) is 9.64 Å². The van der Waals surface area contributed by atoms with Crippen molar-refractivity contribution >= 4 is 51.1 Å². The van der Waals surface area contributed by atoms with Crippen LogP contribution in [0.4, 0.5) is 13.2 Å². The molecule has 0 spiro atoms. The Balaban J connectivity index is 1.84. The molecule has 0 radical (unpaired) electrons. The molecule has 0 unspecified atom stereocenters. The van der Waals surface area contributed by atoms with Gasteiger partial charge < -0.3 is 13.9 Å². The number of carbonyl (C=O) groups excluding carboxylic acids is 1. The number of benzene rings is 3. The van der Waals surface area contributed by atoms with Crippen LogP contribution >= 0.6 is 34.2 Å². The smallest absolute Gasteiger partial charge is 0.449 e. The van der Waals surface area contributed by atoms with Gasteiger partial charge in [0, 0.05) is 9.64 Å². The van der Waals surface area contributed by atoms with E-state index in [9.17, 15) is 22.8 Å². The van der Waals surface area contributed by atoms with Crippen LogP contribution in [0.1, 0.15) is 28.6 Å². The Labute approximate surface area is 215 Å². The molecule has 0 aliphatic carbocycles. The summed E-state index contributed by atoms with van der Waals surface area (Å²) in [5, 5.41) is 0.00696. The largest absolute Gasteiger partial charge is 0.453 e. The average Bonchev–Trinajstić information content (AvgIpc) is 2.81. The first-order chi connectivity index (χ1) is 16.6. The maximum Gasteiger partial charge on any atom is 0.453 e. The molecule has 0 aliphatic rings. The van der Waals surface area contributed by atoms with Crippen molar-refractivity contribution in [2.75, 3.05) is 0 Å². The fraction of sp³-hybridized carbons (Fsp3) is 0.120. The number of hydrogen-bond donors (Lipinski definition) is 0. The number of halogens is 5. The highest BCUT2D eigenvalue weighted by Crippen LogP contribution is 2.39. The molecule has 0 saturated heterocycles. The average molecular weight is 615 g/mol. The Morgan fingerprint density at radius 3 is 2.40 bits per heavy atom. The van der Waals surface area contributed by atoms with Crippen LogP contribution < -0.4 is 14.9 Å². The van der Waals surface area contributed by atoms with Crippen LogP contribution in [0, 0.1) is 3.57 Å². The topological polar surface area (TPSA) is 65.7 Å². The highest BCUT2D eigenvalue weighted by molar-refractivity contribution is 14.1. The van der Waals surface area contributed by atoms with E-state index in [0.29, 0.717) is 12.0 Å². The van der Waals surface area contributed by atoms with Gasteiger partial charge in [-0.2, -0.15) is 13.2 Å². The fourth-order valence-corrected chi connectivity index (χ4v) is 3.87. The summed E-state index contributed by atoms with van der Waals surface area (Å²) in [6.45, 7) is 1.74. The second kappa shape index (κ2) is 9.90. The minimum atomic E-state index is -5.02. The van der Waals surface area contributed by atoms with Crippen molar-refractivity contribution in [3.8, 4) is 17.2 Å². The molecule has 0 amide bonds. The minimum Gasteiger partial charge on any atom is -0.449 e. The van der Waals surface area contributed by atoms with E-state index in [1.54, 1.807) is 31.2 Å². The molecular weight excluding hydrogens is 600 g/mol. The number of fused-ring (bicyclic) bond motifs is 1. The molecular formula is C25H15ClF3IO5. The second-order valence-electron chi connectivity index (χ2n) is 7.32. The standard InChI is InChI=1S/C25H15ClF3IO5/c1-2-13-11-17-20(12-19(13)35-24(32)16-5-3-4-6-18(16)26)34-23(25(27,28)29)22(21(17)31)33-15-9-7-14(30)8-10-15/h3-12H,2H2,1H3. The van der Waals surface area contributed by atoms with Crippen molar-refractivity contribution in [3.63, 3.8) is 0 Å². The molecule has 0 fully saturated rings. The van der Waals surface area contributed by atoms with E-state index < -0.39 is 34.7 Å². The van der Waals surface area contributed by atoms with Gasteiger partial charge in [-0.1, -0.05) is 30.7 Å². The molecule has 1 heterocycles. The molecule has 0 aliphatic heterocycles. The summed E-state index contributed by atoms with van der Waals surface area (Å²) < 4.78 is 58.2. The second-order valence-corrected chi connectivity index (χ2v) is 8.98. The maximum absolute atomic E-state index is 13.8. The Hall–Kier alpha value is -3.05. The molecule has 0 saturated carbocycles. The van der Waals surface area contributed by atoms with Gasteiger partial charge in [-0.15, -0.1) is 0 Å². The van der Waals surface area contributed by atoms with Crippen LogP contribution in [-0.4, -0.2) is 5.97 Å². The van der Waals surface area contributed by atoms with E-state index >= 15 is 0 Å². The van der Waals surface area contributed by atoms with Gasteiger partial charge >= 0.3 is 12.1 Å². The van der Waals surface area contributed by atoms with Crippen LogP contribution in [0.5, 0.6) is 17.2 Å². The lowest BCUT2D eigenvalue weighted by Gasteiger charge is -2.15. The number of rotatable bonds is 5. The third-order valence-electron chi connectivity index (χ3n) is 5.00. The van der Waals surface area contributed by atoms with Crippen molar-refractivity contribution in [3.05, 3.63) is 96.4 Å². The first-order valence-corrected chi connectivity index (χ1v) is 11.6. The molecule has 10 heteroatoms. The highest BCUT2D eigenvalue weighted by atomic mass is 127. The van der Waals surface area contributed by atoms with Crippen molar-refractivity contribution in [2.24, 2.45) is 0 Å². The number of carbonyl (C=O) groups is 1. The zero-order valence-electron chi connectivity index (χ0n) is 17.9. The number of esters is 1. The van der Waals surface area contributed by atoms with E-state index in [2.05, 4.69) is 0 Å². The summed E-state index contributed by atoms with van der Waals surface area (Å²) in [4.78, 5) is 25.7. The Morgan fingerprint density at radius 1 is 1.09 bits per heavy atom. The molecule has 0 N–H and O–H groups in total. The normalized spacial score (nSPS) is 11.5. The zero-order valence-corrected chi connectivity index (χ0v) is 20.8. The van der Waals surface area contributed by atoms with Crippen LogP contribution in [0.25, 0.3) is 11.0 Å². The van der Waals surface area contributed by atoms with Gasteiger partial charge in [0.15, 0.2) is 0 Å². The van der Waals surface area contributed by atoms with Gasteiger partial charge in [0.2, 0.25) is 11.2 Å². The third kappa shape index (κ3) is 5.30. The van der Waals surface area contributed by atoms with Crippen LogP contribution in [-0.2, 0) is 12.6 Å². The molecule has 35 heavy (non-hydrogen) atoms. The van der Waals surface area contributed by atoms with Crippen molar-refractivity contribution in [2.45, 2.75) is 19.5 Å². The number of aryl methyl sites for hydroxylation is 1. The SMILES string of the molecule is CCc1cc2c(=O)c(Oc3ccc(I)cc3)c(C(F)(F)F)oc2cc1OC(=O)c1ccccc1Cl. The summed E-state index contributed by atoms with van der Waals surface area (Å²) in [6, 6.07) is 14.7. The zero-order chi connectivity index (χ0) is 25.3. The minimum absolute atomic E-state index is 0.0450. The van der Waals surface area contributed by atoms with Crippen molar-refractivity contribution < 1.29 is 31.9 Å². The summed E-state index contributed by atoms with van der Waals surface area (Å²) in [6.07, 6.45) is -4.71. The fourth-order valence-electron chi connectivity index (χ4n) is 3.30. The molecule has 0 bridgehead atoms. The van der Waals surface area contributed by atoms with Crippen molar-refractivity contribution in [1.82, 2.24) is 0 Å². The van der Waals surface area contributed by atoms with E-state index in [1.165, 1.54) is 30.3 Å². The number of hydrogen-bond acceptors (Lipinski definition) is 5. The highest BCUT2D eigenvalue weighted by Gasteiger charge is 2.40. The molecule has 4 rings (SSSR count). The monoisotopic (exact) mass is 614 g/mol. The predicted octanol–water partition coefficient (Wildman–Crippen LogP) is 7.64. The van der Waals surface area contributed by atoms with Gasteiger partial charge in [0.25, 0.3) is 5.76 Å².